The molecule has 0 atom stereocenters. The van der Waals surface area contributed by atoms with Crippen molar-refractivity contribution in [3.8, 4) is 5.75 Å². The molecule has 24 heavy (non-hydrogen) atoms. The van der Waals surface area contributed by atoms with Crippen molar-refractivity contribution in [3.05, 3.63) is 42.0 Å². The summed E-state index contributed by atoms with van der Waals surface area (Å²) >= 11 is 0. The van der Waals surface area contributed by atoms with E-state index in [1.807, 2.05) is 12.1 Å². The Balaban J connectivity index is 0.000000413. The van der Waals surface area contributed by atoms with Crippen molar-refractivity contribution >= 4 is 6.29 Å². The van der Waals surface area contributed by atoms with Gasteiger partial charge in [0.15, 0.2) is 0 Å². The number of aldehydes is 1. The predicted molar refractivity (Wildman–Crippen MR) is 101 cm³/mol. The third-order valence-corrected chi connectivity index (χ3v) is 4.86. The summed E-state index contributed by atoms with van der Waals surface area (Å²) in [5.41, 5.74) is 6.81. The van der Waals surface area contributed by atoms with Gasteiger partial charge in [-0.05, 0) is 60.8 Å². The number of aromatic hydroxyl groups is 1. The number of carbonyl (C=O) groups is 1. The second-order valence-electron chi connectivity index (χ2n) is 6.79. The molecule has 3 nitrogen and oxygen atoms in total. The van der Waals surface area contributed by atoms with Crippen molar-refractivity contribution in [1.29, 1.82) is 0 Å². The first kappa shape index (κ1) is 20.4. The Morgan fingerprint density at radius 1 is 1.21 bits per heavy atom. The topological polar surface area (TPSA) is 63.3 Å². The van der Waals surface area contributed by atoms with Crippen LogP contribution in [0.5, 0.6) is 5.75 Å². The van der Waals surface area contributed by atoms with E-state index < -0.39 is 0 Å². The maximum absolute atomic E-state index is 9.56. The Kier molecular flexibility index (Phi) is 10.1. The quantitative estimate of drug-likeness (QED) is 0.422. The van der Waals surface area contributed by atoms with Crippen LogP contribution in [0.15, 0.2) is 36.4 Å². The lowest BCUT2D eigenvalue weighted by molar-refractivity contribution is -0.104. The molecule has 1 aromatic carbocycles. The zero-order valence-electron chi connectivity index (χ0n) is 15.0. The number of carbonyl (C=O) groups excluding carboxylic acids is 1. The number of phenols is 1. The van der Waals surface area contributed by atoms with Crippen LogP contribution in [0.2, 0.25) is 0 Å². The molecule has 0 radical (unpaired) electrons. The molecule has 0 heterocycles. The number of hydrogen-bond acceptors (Lipinski definition) is 3. The summed E-state index contributed by atoms with van der Waals surface area (Å²) in [5.74, 6) is 2.09. The number of nitrogens with two attached hydrogens (primary N) is 1. The molecular weight excluding hydrogens is 298 g/mol. The van der Waals surface area contributed by atoms with Crippen molar-refractivity contribution in [1.82, 2.24) is 0 Å². The van der Waals surface area contributed by atoms with E-state index in [9.17, 15) is 9.90 Å². The average molecular weight is 332 g/mol. The van der Waals surface area contributed by atoms with Gasteiger partial charge in [0, 0.05) is 6.54 Å². The first-order valence-corrected chi connectivity index (χ1v) is 9.22. The molecule has 1 aromatic rings. The summed E-state index contributed by atoms with van der Waals surface area (Å²) in [6.45, 7) is 5.85. The van der Waals surface area contributed by atoms with Crippen LogP contribution < -0.4 is 5.73 Å². The van der Waals surface area contributed by atoms with Gasteiger partial charge in [0.1, 0.15) is 12.0 Å². The van der Waals surface area contributed by atoms with E-state index in [1.54, 1.807) is 0 Å². The molecule has 3 N–H and O–H groups in total. The number of benzene rings is 1. The molecule has 0 aromatic heterocycles. The Morgan fingerprint density at radius 2 is 1.83 bits per heavy atom. The van der Waals surface area contributed by atoms with E-state index in [0.717, 1.165) is 11.8 Å². The highest BCUT2D eigenvalue weighted by atomic mass is 16.3. The van der Waals surface area contributed by atoms with Gasteiger partial charge in [-0.25, -0.2) is 0 Å². The highest BCUT2D eigenvalue weighted by Gasteiger charge is 2.21. The molecule has 0 saturated heterocycles. The van der Waals surface area contributed by atoms with Crippen molar-refractivity contribution in [2.24, 2.45) is 11.7 Å². The number of unbranched alkanes of at least 4 members (excludes halogenated alkanes) is 2. The predicted octanol–water partition coefficient (Wildman–Crippen LogP) is 4.95. The van der Waals surface area contributed by atoms with Crippen molar-refractivity contribution < 1.29 is 9.90 Å². The van der Waals surface area contributed by atoms with Crippen molar-refractivity contribution in [2.75, 3.05) is 6.54 Å². The fraction of sp³-hybridized carbons (Fsp3) is 0.571. The highest BCUT2D eigenvalue weighted by molar-refractivity contribution is 5.72. The largest absolute Gasteiger partial charge is 0.508 e. The smallest absolute Gasteiger partial charge is 0.146 e. The van der Waals surface area contributed by atoms with Gasteiger partial charge in [-0.2, -0.15) is 0 Å². The van der Waals surface area contributed by atoms with Crippen LogP contribution in [-0.4, -0.2) is 17.9 Å². The van der Waals surface area contributed by atoms with Crippen LogP contribution in [0.25, 0.3) is 0 Å². The molecular formula is C21H33NO2. The highest BCUT2D eigenvalue weighted by Crippen LogP contribution is 2.37. The van der Waals surface area contributed by atoms with Gasteiger partial charge in [0.25, 0.3) is 0 Å². The molecule has 134 valence electrons. The molecule has 0 bridgehead atoms. The first-order chi connectivity index (χ1) is 11.6. The normalized spacial score (nSPS) is 19.9. The summed E-state index contributed by atoms with van der Waals surface area (Å²) in [6.07, 6.45) is 11.7. The molecule has 0 aliphatic heterocycles. The molecule has 2 rings (SSSR count). The molecule has 0 unspecified atom stereocenters. The summed E-state index contributed by atoms with van der Waals surface area (Å²) in [6, 6.07) is 7.83. The minimum absolute atomic E-state index is 0.267. The molecule has 1 aliphatic rings. The van der Waals surface area contributed by atoms with E-state index in [0.29, 0.717) is 17.6 Å². The summed E-state index contributed by atoms with van der Waals surface area (Å²) in [4.78, 5) is 9.56. The average Bonchev–Trinajstić information content (AvgIpc) is 2.63. The first-order valence-electron chi connectivity index (χ1n) is 9.22. The third kappa shape index (κ3) is 7.78. The van der Waals surface area contributed by atoms with E-state index in [1.165, 1.54) is 56.9 Å². The van der Waals surface area contributed by atoms with E-state index in [-0.39, 0.29) is 6.54 Å². The summed E-state index contributed by atoms with van der Waals surface area (Å²) in [7, 11) is 0. The maximum atomic E-state index is 9.56. The van der Waals surface area contributed by atoms with Gasteiger partial charge in [0.05, 0.1) is 0 Å². The molecule has 1 aliphatic carbocycles. The van der Waals surface area contributed by atoms with Crippen LogP contribution in [-0.2, 0) is 4.79 Å². The van der Waals surface area contributed by atoms with E-state index in [2.05, 4.69) is 25.6 Å². The van der Waals surface area contributed by atoms with E-state index in [4.69, 9.17) is 5.73 Å². The van der Waals surface area contributed by atoms with Gasteiger partial charge in [0.2, 0.25) is 0 Å². The fourth-order valence-electron chi connectivity index (χ4n) is 3.26. The van der Waals surface area contributed by atoms with E-state index >= 15 is 0 Å². The lowest BCUT2D eigenvalue weighted by Crippen LogP contribution is -2.13. The molecule has 0 spiro atoms. The standard InChI is InChI=1S/C17H26O.C4H7NO/c1-2-3-4-5-14-6-8-15(9-7-14)16-10-12-17(18)13-11-16;1-4(2-5)3-6/h10-15,18H,2-9H2,1H3;3H,1-2,5H2. The number of hydrogen-bond donors (Lipinski definition) is 2. The molecule has 1 saturated carbocycles. The summed E-state index contributed by atoms with van der Waals surface area (Å²) < 4.78 is 0. The van der Waals surface area contributed by atoms with Gasteiger partial charge < -0.3 is 10.8 Å². The van der Waals surface area contributed by atoms with Crippen LogP contribution in [0.1, 0.15) is 69.8 Å². The lowest BCUT2D eigenvalue weighted by atomic mass is 9.77. The van der Waals surface area contributed by atoms with Crippen LogP contribution in [0.3, 0.4) is 0 Å². The third-order valence-electron chi connectivity index (χ3n) is 4.86. The Hall–Kier alpha value is -1.61. The van der Waals surface area contributed by atoms with Crippen molar-refractivity contribution in [2.45, 2.75) is 64.2 Å². The second-order valence-corrected chi connectivity index (χ2v) is 6.79. The van der Waals surface area contributed by atoms with Crippen LogP contribution in [0, 0.1) is 5.92 Å². The monoisotopic (exact) mass is 331 g/mol. The SMILES string of the molecule is C=C(C=O)CN.CCCCCC1CCC(c2ccc(O)cc2)CC1. The lowest BCUT2D eigenvalue weighted by Gasteiger charge is -2.28. The van der Waals surface area contributed by atoms with Gasteiger partial charge >= 0.3 is 0 Å². The molecule has 3 heteroatoms. The molecule has 0 amide bonds. The minimum atomic E-state index is 0.267. The Bertz CT molecular complexity index is 473. The van der Waals surface area contributed by atoms with Crippen molar-refractivity contribution in [3.63, 3.8) is 0 Å². The number of phenolic OH excluding ortho intramolecular Hbond substituents is 1. The minimum Gasteiger partial charge on any atom is -0.508 e. The van der Waals surface area contributed by atoms with Gasteiger partial charge in [-0.15, -0.1) is 0 Å². The van der Waals surface area contributed by atoms with Gasteiger partial charge in [-0.1, -0.05) is 51.3 Å². The second kappa shape index (κ2) is 11.9. The summed E-state index contributed by atoms with van der Waals surface area (Å²) in [5, 5.41) is 9.32. The zero-order valence-corrected chi connectivity index (χ0v) is 15.0. The Morgan fingerprint density at radius 3 is 2.29 bits per heavy atom. The van der Waals surface area contributed by atoms with Crippen LogP contribution in [0.4, 0.5) is 0 Å². The number of rotatable bonds is 7. The Labute approximate surface area is 147 Å². The van der Waals surface area contributed by atoms with Crippen LogP contribution >= 0.6 is 0 Å². The fourth-order valence-corrected chi connectivity index (χ4v) is 3.26. The molecule has 1 fully saturated rings. The zero-order chi connectivity index (χ0) is 17.8. The maximum Gasteiger partial charge on any atom is 0.146 e. The van der Waals surface area contributed by atoms with Gasteiger partial charge in [-0.3, -0.25) is 4.79 Å².